The molecule has 21 heavy (non-hydrogen) atoms. The molecule has 0 amide bonds. The number of rotatable bonds is 4. The average molecular weight is 287 g/mol. The van der Waals surface area contributed by atoms with Gasteiger partial charge >= 0.3 is 0 Å². The van der Waals surface area contributed by atoms with Gasteiger partial charge in [-0.2, -0.15) is 0 Å². The zero-order valence-electron chi connectivity index (χ0n) is 11.7. The molecule has 1 aromatic carbocycles. The van der Waals surface area contributed by atoms with Crippen LogP contribution < -0.4 is 4.74 Å². The molecule has 2 aromatic heterocycles. The first-order valence-electron chi connectivity index (χ1n) is 6.47. The van der Waals surface area contributed by atoms with Gasteiger partial charge < -0.3 is 9.26 Å². The second-order valence-corrected chi connectivity index (χ2v) is 4.69. The van der Waals surface area contributed by atoms with Crippen molar-refractivity contribution in [2.75, 3.05) is 0 Å². The van der Waals surface area contributed by atoms with E-state index in [0.717, 1.165) is 11.1 Å². The Morgan fingerprint density at radius 1 is 1.24 bits per heavy atom. The average Bonchev–Trinajstić information content (AvgIpc) is 3.04. The Morgan fingerprint density at radius 2 is 2.00 bits per heavy atom. The first kappa shape index (κ1) is 13.4. The smallest absolute Gasteiger partial charge is 0.233 e. The van der Waals surface area contributed by atoms with Gasteiger partial charge in [0.1, 0.15) is 23.9 Å². The summed E-state index contributed by atoms with van der Waals surface area (Å²) < 4.78 is 25.5. The van der Waals surface area contributed by atoms with E-state index in [1.54, 1.807) is 29.1 Å². The highest BCUT2D eigenvalue weighted by Gasteiger charge is 2.15. The van der Waals surface area contributed by atoms with E-state index in [9.17, 15) is 4.39 Å². The topological polar surface area (TPSA) is 53.1 Å². The predicted octanol–water partition coefficient (Wildman–Crippen LogP) is 3.10. The lowest BCUT2D eigenvalue weighted by atomic mass is 10.1. The minimum Gasteiger partial charge on any atom is -0.472 e. The second-order valence-electron chi connectivity index (χ2n) is 4.69. The third-order valence-electron chi connectivity index (χ3n) is 3.16. The Morgan fingerprint density at radius 3 is 2.67 bits per heavy atom. The highest BCUT2D eigenvalue weighted by Crippen LogP contribution is 2.26. The van der Waals surface area contributed by atoms with Gasteiger partial charge in [0.15, 0.2) is 0 Å². The van der Waals surface area contributed by atoms with E-state index in [4.69, 9.17) is 9.26 Å². The molecule has 6 heteroatoms. The van der Waals surface area contributed by atoms with Crippen LogP contribution in [0.15, 0.2) is 41.1 Å². The quantitative estimate of drug-likeness (QED) is 0.740. The van der Waals surface area contributed by atoms with Crippen LogP contribution >= 0.6 is 0 Å². The summed E-state index contributed by atoms with van der Waals surface area (Å²) in [5.41, 5.74) is 2.27. The van der Waals surface area contributed by atoms with E-state index in [1.165, 1.54) is 12.1 Å². The number of halogens is 1. The highest BCUT2D eigenvalue weighted by atomic mass is 19.1. The van der Waals surface area contributed by atoms with Crippen molar-refractivity contribution >= 4 is 0 Å². The Hall–Kier alpha value is -2.63. The lowest BCUT2D eigenvalue weighted by Crippen LogP contribution is -1.99. The maximum atomic E-state index is 13.0. The SMILES string of the molecule is Cc1onc(-c2ccc(F)cc2)c1COc1ccn(C)n1. The van der Waals surface area contributed by atoms with E-state index in [2.05, 4.69) is 10.3 Å². The summed E-state index contributed by atoms with van der Waals surface area (Å²) in [5, 5.41) is 8.18. The Labute approximate surface area is 120 Å². The van der Waals surface area contributed by atoms with Crippen LogP contribution in [-0.2, 0) is 13.7 Å². The molecular formula is C15H14FN3O2. The molecule has 108 valence electrons. The number of aryl methyl sites for hydroxylation is 2. The van der Waals surface area contributed by atoms with E-state index in [0.29, 0.717) is 23.9 Å². The Balaban J connectivity index is 1.85. The van der Waals surface area contributed by atoms with Crippen LogP contribution in [-0.4, -0.2) is 14.9 Å². The number of ether oxygens (including phenoxy) is 1. The van der Waals surface area contributed by atoms with Crippen LogP contribution in [0, 0.1) is 12.7 Å². The fraction of sp³-hybridized carbons (Fsp3) is 0.200. The fourth-order valence-electron chi connectivity index (χ4n) is 2.01. The molecule has 5 nitrogen and oxygen atoms in total. The van der Waals surface area contributed by atoms with Gasteiger partial charge in [0.25, 0.3) is 0 Å². The summed E-state index contributed by atoms with van der Waals surface area (Å²) in [6.45, 7) is 2.11. The summed E-state index contributed by atoms with van der Waals surface area (Å²) >= 11 is 0. The van der Waals surface area contributed by atoms with E-state index in [1.807, 2.05) is 14.0 Å². The van der Waals surface area contributed by atoms with Crippen molar-refractivity contribution in [1.82, 2.24) is 14.9 Å². The van der Waals surface area contributed by atoms with E-state index in [-0.39, 0.29) is 5.82 Å². The van der Waals surface area contributed by atoms with Crippen molar-refractivity contribution < 1.29 is 13.7 Å². The first-order chi connectivity index (χ1) is 10.1. The molecule has 3 rings (SSSR count). The summed E-state index contributed by atoms with van der Waals surface area (Å²) in [6.07, 6.45) is 1.80. The summed E-state index contributed by atoms with van der Waals surface area (Å²) in [4.78, 5) is 0. The van der Waals surface area contributed by atoms with Crippen LogP contribution in [0.1, 0.15) is 11.3 Å². The zero-order chi connectivity index (χ0) is 14.8. The monoisotopic (exact) mass is 287 g/mol. The standard InChI is InChI=1S/C15H14FN3O2/c1-10-13(9-20-14-7-8-19(2)17-14)15(18-21-10)11-3-5-12(16)6-4-11/h3-8H,9H2,1-2H3. The molecule has 3 aromatic rings. The molecule has 0 aliphatic carbocycles. The largest absolute Gasteiger partial charge is 0.472 e. The number of aromatic nitrogens is 3. The van der Waals surface area contributed by atoms with Gasteiger partial charge in [0.05, 0.1) is 5.56 Å². The van der Waals surface area contributed by atoms with Gasteiger partial charge in [-0.3, -0.25) is 4.68 Å². The molecule has 0 radical (unpaired) electrons. The molecule has 0 fully saturated rings. The molecule has 0 saturated heterocycles. The van der Waals surface area contributed by atoms with Crippen molar-refractivity contribution in [2.45, 2.75) is 13.5 Å². The van der Waals surface area contributed by atoms with Gasteiger partial charge in [0.2, 0.25) is 5.88 Å². The molecule has 0 atom stereocenters. The maximum Gasteiger partial charge on any atom is 0.233 e. The van der Waals surface area contributed by atoms with Gasteiger partial charge in [0, 0.05) is 24.9 Å². The van der Waals surface area contributed by atoms with Crippen LogP contribution in [0.4, 0.5) is 4.39 Å². The molecule has 0 unspecified atom stereocenters. The summed E-state index contributed by atoms with van der Waals surface area (Å²) in [7, 11) is 1.82. The van der Waals surface area contributed by atoms with Crippen LogP contribution in [0.25, 0.3) is 11.3 Å². The fourth-order valence-corrected chi connectivity index (χ4v) is 2.01. The lowest BCUT2D eigenvalue weighted by molar-refractivity contribution is 0.287. The lowest BCUT2D eigenvalue weighted by Gasteiger charge is -2.04. The highest BCUT2D eigenvalue weighted by molar-refractivity contribution is 5.63. The minimum atomic E-state index is -0.287. The summed E-state index contributed by atoms with van der Waals surface area (Å²) in [5.74, 6) is 0.915. The van der Waals surface area contributed by atoms with Gasteiger partial charge in [-0.15, -0.1) is 5.10 Å². The van der Waals surface area contributed by atoms with Crippen molar-refractivity contribution in [3.8, 4) is 17.1 Å². The van der Waals surface area contributed by atoms with Crippen LogP contribution in [0.2, 0.25) is 0 Å². The van der Waals surface area contributed by atoms with E-state index >= 15 is 0 Å². The summed E-state index contributed by atoms with van der Waals surface area (Å²) in [6, 6.07) is 7.89. The number of hydrogen-bond donors (Lipinski definition) is 0. The van der Waals surface area contributed by atoms with Crippen molar-refractivity contribution in [2.24, 2.45) is 7.05 Å². The third kappa shape index (κ3) is 2.79. The van der Waals surface area contributed by atoms with Crippen LogP contribution in [0.3, 0.4) is 0 Å². The molecule has 0 saturated carbocycles. The molecule has 0 bridgehead atoms. The molecule has 0 spiro atoms. The Kier molecular flexibility index (Phi) is 3.43. The van der Waals surface area contributed by atoms with Gasteiger partial charge in [-0.05, 0) is 31.2 Å². The second kappa shape index (κ2) is 5.40. The van der Waals surface area contributed by atoms with Gasteiger partial charge in [-0.1, -0.05) is 5.16 Å². The number of benzene rings is 1. The van der Waals surface area contributed by atoms with Crippen molar-refractivity contribution in [1.29, 1.82) is 0 Å². The first-order valence-corrected chi connectivity index (χ1v) is 6.47. The van der Waals surface area contributed by atoms with Gasteiger partial charge in [-0.25, -0.2) is 4.39 Å². The number of hydrogen-bond acceptors (Lipinski definition) is 4. The maximum absolute atomic E-state index is 13.0. The normalized spacial score (nSPS) is 10.8. The molecule has 0 aliphatic rings. The molecule has 0 aliphatic heterocycles. The zero-order valence-corrected chi connectivity index (χ0v) is 11.7. The minimum absolute atomic E-state index is 0.287. The van der Waals surface area contributed by atoms with Crippen molar-refractivity contribution in [3.05, 3.63) is 53.7 Å². The van der Waals surface area contributed by atoms with Crippen LogP contribution in [0.5, 0.6) is 5.88 Å². The Bertz CT molecular complexity index is 747. The van der Waals surface area contributed by atoms with Crippen molar-refractivity contribution in [3.63, 3.8) is 0 Å². The molecule has 0 N–H and O–H groups in total. The third-order valence-corrected chi connectivity index (χ3v) is 3.16. The number of nitrogens with zero attached hydrogens (tertiary/aromatic N) is 3. The molecule has 2 heterocycles. The predicted molar refractivity (Wildman–Crippen MR) is 74.2 cm³/mol. The van der Waals surface area contributed by atoms with E-state index < -0.39 is 0 Å². The molecular weight excluding hydrogens is 273 g/mol.